The number of non-ortho nitro benzene ring substituents is 1. The molecule has 9 heteroatoms. The molecule has 1 amide bonds. The maximum atomic E-state index is 12.5. The number of nitro groups is 1. The number of anilines is 1. The summed E-state index contributed by atoms with van der Waals surface area (Å²) in [7, 11) is 0. The Morgan fingerprint density at radius 2 is 2.26 bits per heavy atom. The summed E-state index contributed by atoms with van der Waals surface area (Å²) in [6.45, 7) is 2.39. The molecule has 27 heavy (non-hydrogen) atoms. The minimum Gasteiger partial charge on any atom is -0.462 e. The van der Waals surface area contributed by atoms with Crippen LogP contribution in [0.1, 0.15) is 30.1 Å². The summed E-state index contributed by atoms with van der Waals surface area (Å²) in [5.74, 6) is -0.909. The maximum absolute atomic E-state index is 12.5. The van der Waals surface area contributed by atoms with Gasteiger partial charge in [-0.25, -0.2) is 4.79 Å². The molecule has 0 saturated carbocycles. The lowest BCUT2D eigenvalue weighted by molar-refractivity contribution is -0.384. The van der Waals surface area contributed by atoms with Crippen LogP contribution in [0.15, 0.2) is 29.6 Å². The van der Waals surface area contributed by atoms with Crippen LogP contribution >= 0.6 is 11.3 Å². The fraction of sp³-hybridized carbons (Fsp3) is 0.333. The van der Waals surface area contributed by atoms with E-state index in [1.165, 1.54) is 23.5 Å². The molecule has 1 N–H and O–H groups in total. The van der Waals surface area contributed by atoms with Gasteiger partial charge in [-0.3, -0.25) is 14.9 Å². The summed E-state index contributed by atoms with van der Waals surface area (Å²) in [5, 5.41) is 15.8. The minimum absolute atomic E-state index is 0.0848. The third-order valence-corrected chi connectivity index (χ3v) is 4.99. The number of benzene rings is 1. The number of carbonyl (C=O) groups is 2. The van der Waals surface area contributed by atoms with Crippen molar-refractivity contribution in [1.29, 1.82) is 0 Å². The predicted octanol–water partition coefficient (Wildman–Crippen LogP) is 3.62. The number of rotatable bonds is 6. The van der Waals surface area contributed by atoms with Crippen LogP contribution in [0, 0.1) is 10.1 Å². The molecule has 1 aromatic heterocycles. The zero-order valence-electron chi connectivity index (χ0n) is 14.6. The molecule has 2 heterocycles. The standard InChI is InChI=1S/C18H18N2O6S/c1-2-25-18(22)15-13(11-5-3-6-12(9-11)20(23)24)10-27-17(15)19-16(21)14-7-4-8-26-14/h3,5-6,9-10,14H,2,4,7-8H2,1H3,(H,19,21)/t14-/m0/s1. The van der Waals surface area contributed by atoms with Gasteiger partial charge in [0.15, 0.2) is 0 Å². The Morgan fingerprint density at radius 3 is 2.93 bits per heavy atom. The smallest absolute Gasteiger partial charge is 0.341 e. The third kappa shape index (κ3) is 4.15. The second-order valence-corrected chi connectivity index (χ2v) is 6.75. The molecule has 0 unspecified atom stereocenters. The molecule has 0 aliphatic carbocycles. The molecule has 142 valence electrons. The monoisotopic (exact) mass is 390 g/mol. The van der Waals surface area contributed by atoms with Crippen molar-refractivity contribution >= 4 is 33.9 Å². The van der Waals surface area contributed by atoms with E-state index in [0.29, 0.717) is 29.2 Å². The van der Waals surface area contributed by atoms with Gasteiger partial charge in [0, 0.05) is 29.7 Å². The van der Waals surface area contributed by atoms with Gasteiger partial charge in [-0.05, 0) is 25.3 Å². The van der Waals surface area contributed by atoms with E-state index in [1.54, 1.807) is 24.4 Å². The summed E-state index contributed by atoms with van der Waals surface area (Å²) in [5.41, 5.74) is 1.08. The van der Waals surface area contributed by atoms with Crippen molar-refractivity contribution in [3.05, 3.63) is 45.3 Å². The van der Waals surface area contributed by atoms with Crippen molar-refractivity contribution in [2.45, 2.75) is 25.9 Å². The van der Waals surface area contributed by atoms with Crippen molar-refractivity contribution in [2.24, 2.45) is 0 Å². The number of nitrogens with zero attached hydrogens (tertiary/aromatic N) is 1. The highest BCUT2D eigenvalue weighted by Gasteiger charge is 2.28. The fourth-order valence-corrected chi connectivity index (χ4v) is 3.79. The summed E-state index contributed by atoms with van der Waals surface area (Å²) in [6.07, 6.45) is 0.902. The summed E-state index contributed by atoms with van der Waals surface area (Å²) < 4.78 is 10.5. The van der Waals surface area contributed by atoms with Gasteiger partial charge >= 0.3 is 5.97 Å². The number of ether oxygens (including phenoxy) is 2. The van der Waals surface area contributed by atoms with Crippen molar-refractivity contribution in [1.82, 2.24) is 0 Å². The van der Waals surface area contributed by atoms with Crippen LogP contribution in [0.2, 0.25) is 0 Å². The van der Waals surface area contributed by atoms with Gasteiger partial charge in [-0.2, -0.15) is 0 Å². The minimum atomic E-state index is -0.595. The molecule has 0 radical (unpaired) electrons. The third-order valence-electron chi connectivity index (χ3n) is 4.10. The van der Waals surface area contributed by atoms with Gasteiger partial charge in [0.25, 0.3) is 11.6 Å². The Morgan fingerprint density at radius 1 is 1.44 bits per heavy atom. The lowest BCUT2D eigenvalue weighted by Crippen LogP contribution is -2.27. The number of esters is 1. The summed E-state index contributed by atoms with van der Waals surface area (Å²) in [4.78, 5) is 35.4. The second-order valence-electron chi connectivity index (χ2n) is 5.87. The first-order valence-corrected chi connectivity index (χ1v) is 9.35. The zero-order chi connectivity index (χ0) is 19.4. The molecular weight excluding hydrogens is 372 g/mol. The van der Waals surface area contributed by atoms with Crippen LogP contribution in [-0.4, -0.2) is 36.1 Å². The van der Waals surface area contributed by atoms with Crippen LogP contribution in [0.5, 0.6) is 0 Å². The predicted molar refractivity (Wildman–Crippen MR) is 100.0 cm³/mol. The van der Waals surface area contributed by atoms with E-state index < -0.39 is 17.0 Å². The van der Waals surface area contributed by atoms with Gasteiger partial charge in [0.1, 0.15) is 16.7 Å². The normalized spacial score (nSPS) is 16.1. The average molecular weight is 390 g/mol. The maximum Gasteiger partial charge on any atom is 0.341 e. The molecule has 8 nitrogen and oxygen atoms in total. The van der Waals surface area contributed by atoms with Gasteiger partial charge in [0.05, 0.1) is 11.5 Å². The number of nitro benzene ring substituents is 1. The first-order chi connectivity index (χ1) is 13.0. The van der Waals surface area contributed by atoms with Gasteiger partial charge in [-0.1, -0.05) is 12.1 Å². The van der Waals surface area contributed by atoms with Crippen molar-refractivity contribution in [3.8, 4) is 11.1 Å². The largest absolute Gasteiger partial charge is 0.462 e. The highest BCUT2D eigenvalue weighted by atomic mass is 32.1. The van der Waals surface area contributed by atoms with E-state index in [2.05, 4.69) is 5.32 Å². The van der Waals surface area contributed by atoms with Crippen molar-refractivity contribution in [3.63, 3.8) is 0 Å². The van der Waals surface area contributed by atoms with Crippen LogP contribution in [0.4, 0.5) is 10.7 Å². The second kappa shape index (κ2) is 8.28. The zero-order valence-corrected chi connectivity index (χ0v) is 15.4. The van der Waals surface area contributed by atoms with E-state index in [1.807, 2.05) is 0 Å². The molecule has 0 spiro atoms. The highest BCUT2D eigenvalue weighted by Crippen LogP contribution is 2.37. The molecule has 1 saturated heterocycles. The Kier molecular flexibility index (Phi) is 5.82. The van der Waals surface area contributed by atoms with Crippen LogP contribution in [0.25, 0.3) is 11.1 Å². The Balaban J connectivity index is 1.97. The Bertz CT molecular complexity index is 872. The molecular formula is C18H18N2O6S. The van der Waals surface area contributed by atoms with E-state index >= 15 is 0 Å². The highest BCUT2D eigenvalue weighted by molar-refractivity contribution is 7.15. The quantitative estimate of drug-likeness (QED) is 0.458. The topological polar surface area (TPSA) is 108 Å². The molecule has 3 rings (SSSR count). The number of nitrogens with one attached hydrogen (secondary N) is 1. The number of hydrogen-bond donors (Lipinski definition) is 1. The lowest BCUT2D eigenvalue weighted by Gasteiger charge is -2.11. The molecule has 1 aromatic carbocycles. The number of amides is 1. The van der Waals surface area contributed by atoms with Crippen molar-refractivity contribution < 1.29 is 24.0 Å². The van der Waals surface area contributed by atoms with E-state index in [4.69, 9.17) is 9.47 Å². The van der Waals surface area contributed by atoms with Gasteiger partial charge < -0.3 is 14.8 Å². The van der Waals surface area contributed by atoms with E-state index in [-0.39, 0.29) is 23.8 Å². The van der Waals surface area contributed by atoms with Crippen LogP contribution in [-0.2, 0) is 14.3 Å². The average Bonchev–Trinajstić information content (AvgIpc) is 3.32. The molecule has 1 fully saturated rings. The molecule has 1 aliphatic rings. The van der Waals surface area contributed by atoms with Crippen LogP contribution < -0.4 is 5.32 Å². The molecule has 0 bridgehead atoms. The van der Waals surface area contributed by atoms with E-state index in [9.17, 15) is 19.7 Å². The summed E-state index contributed by atoms with van der Waals surface area (Å²) in [6, 6.07) is 5.98. The lowest BCUT2D eigenvalue weighted by atomic mass is 10.0. The van der Waals surface area contributed by atoms with Crippen LogP contribution in [0.3, 0.4) is 0 Å². The van der Waals surface area contributed by atoms with Crippen molar-refractivity contribution in [2.75, 3.05) is 18.5 Å². The number of hydrogen-bond acceptors (Lipinski definition) is 7. The first-order valence-electron chi connectivity index (χ1n) is 8.47. The van der Waals surface area contributed by atoms with E-state index in [0.717, 1.165) is 6.42 Å². The van der Waals surface area contributed by atoms with Gasteiger partial charge in [0.2, 0.25) is 0 Å². The molecule has 2 aromatic rings. The number of thiophene rings is 1. The summed E-state index contributed by atoms with van der Waals surface area (Å²) >= 11 is 1.17. The SMILES string of the molecule is CCOC(=O)c1c(-c2cccc([N+](=O)[O-])c2)csc1NC(=O)[C@@H]1CCCO1. The Labute approximate surface area is 159 Å². The first kappa shape index (κ1) is 19.0. The van der Waals surface area contributed by atoms with Gasteiger partial charge in [-0.15, -0.1) is 11.3 Å². The fourth-order valence-electron chi connectivity index (χ4n) is 2.83. The Hall–Kier alpha value is -2.78. The number of carbonyl (C=O) groups excluding carboxylic acids is 2. The molecule has 1 aliphatic heterocycles. The molecule has 1 atom stereocenters.